The largest absolute Gasteiger partial charge is 0.469 e. The maximum Gasteiger partial charge on any atom is 0.469 e. The van der Waals surface area contributed by atoms with Gasteiger partial charge in [0.05, 0.1) is 12.7 Å². The average Bonchev–Trinajstić information content (AvgIpc) is 3.13. The second-order valence-corrected chi connectivity index (χ2v) is 15.4. The Hall–Kier alpha value is -2.03. The molecule has 0 aliphatic heterocycles. The average molecular weight is 769 g/mol. The summed E-state index contributed by atoms with van der Waals surface area (Å²) in [5.41, 5.74) is 0. The van der Waals surface area contributed by atoms with Gasteiger partial charge in [-0.15, -0.1) is 0 Å². The van der Waals surface area contributed by atoms with Gasteiger partial charge in [-0.2, -0.15) is 0 Å². The summed E-state index contributed by atoms with van der Waals surface area (Å²) in [4.78, 5) is 42.8. The molecule has 0 aromatic carbocycles. The van der Waals surface area contributed by atoms with Crippen LogP contribution in [-0.4, -0.2) is 52.3 Å². The Balaban J connectivity index is 4.01. The van der Waals surface area contributed by atoms with Crippen molar-refractivity contribution in [1.29, 1.82) is 0 Å². The lowest BCUT2D eigenvalue weighted by Gasteiger charge is -2.18. The van der Waals surface area contributed by atoms with Gasteiger partial charge >= 0.3 is 19.8 Å². The number of hydrogen-bond donors (Lipinski definition) is 3. The van der Waals surface area contributed by atoms with Gasteiger partial charge in [-0.1, -0.05) is 165 Å². The predicted octanol–water partition coefficient (Wildman–Crippen LogP) is 11.7. The Bertz CT molecular complexity index is 1020. The smallest absolute Gasteiger partial charge is 0.462 e. The molecule has 9 nitrogen and oxygen atoms in total. The quantitative estimate of drug-likeness (QED) is 0.0242. The molecule has 308 valence electrons. The Morgan fingerprint density at radius 3 is 1.47 bits per heavy atom. The number of phosphoric ester groups is 1. The predicted molar refractivity (Wildman–Crippen MR) is 217 cm³/mol. The van der Waals surface area contributed by atoms with Gasteiger partial charge in [-0.05, 0) is 57.8 Å². The summed E-state index contributed by atoms with van der Waals surface area (Å²) >= 11 is 0. The van der Waals surface area contributed by atoms with Crippen molar-refractivity contribution in [3.05, 3.63) is 48.6 Å². The summed E-state index contributed by atoms with van der Waals surface area (Å²) in [5.74, 6) is -0.965. The molecule has 0 aromatic heterocycles. The van der Waals surface area contributed by atoms with Crippen LogP contribution in [-0.2, 0) is 28.2 Å². The van der Waals surface area contributed by atoms with E-state index in [1.165, 1.54) is 89.9 Å². The van der Waals surface area contributed by atoms with Crippen molar-refractivity contribution in [2.45, 2.75) is 199 Å². The number of allylic oxidation sites excluding steroid dienone is 8. The van der Waals surface area contributed by atoms with Crippen molar-refractivity contribution in [3.63, 3.8) is 0 Å². The topological polar surface area (TPSA) is 140 Å². The lowest BCUT2D eigenvalue weighted by Crippen LogP contribution is -2.29. The number of rotatable bonds is 38. The highest BCUT2D eigenvalue weighted by Crippen LogP contribution is 2.36. The van der Waals surface area contributed by atoms with Crippen molar-refractivity contribution in [2.75, 3.05) is 13.2 Å². The van der Waals surface area contributed by atoms with E-state index in [4.69, 9.17) is 19.3 Å². The molecule has 0 saturated heterocycles. The van der Waals surface area contributed by atoms with Crippen LogP contribution in [0.5, 0.6) is 0 Å². The van der Waals surface area contributed by atoms with Crippen LogP contribution >= 0.6 is 7.82 Å². The van der Waals surface area contributed by atoms with Crippen molar-refractivity contribution in [3.8, 4) is 0 Å². The van der Waals surface area contributed by atoms with Gasteiger partial charge in [-0.25, -0.2) is 4.57 Å². The molecule has 3 N–H and O–H groups in total. The molecule has 0 aliphatic rings. The second kappa shape index (κ2) is 38.3. The fourth-order valence-electron chi connectivity index (χ4n) is 5.70. The molecule has 0 rings (SSSR count). The Morgan fingerprint density at radius 1 is 0.566 bits per heavy atom. The van der Waals surface area contributed by atoms with Crippen molar-refractivity contribution < 1.29 is 43.0 Å². The van der Waals surface area contributed by atoms with E-state index < -0.39 is 32.5 Å². The van der Waals surface area contributed by atoms with E-state index in [0.29, 0.717) is 19.3 Å². The molecule has 10 heteroatoms. The molecule has 2 atom stereocenters. The third-order valence-electron chi connectivity index (χ3n) is 9.01. The third kappa shape index (κ3) is 41.0. The Labute approximate surface area is 323 Å². The maximum atomic E-state index is 12.4. The molecule has 0 bridgehead atoms. The van der Waals surface area contributed by atoms with Gasteiger partial charge in [0, 0.05) is 12.8 Å². The lowest BCUT2D eigenvalue weighted by molar-refractivity contribution is -0.161. The number of aliphatic hydroxyl groups excluding tert-OH is 1. The monoisotopic (exact) mass is 769 g/mol. The summed E-state index contributed by atoms with van der Waals surface area (Å²) in [6.45, 7) is 3.37. The summed E-state index contributed by atoms with van der Waals surface area (Å²) in [6.07, 6.45) is 43.5. The van der Waals surface area contributed by atoms with Gasteiger partial charge < -0.3 is 24.4 Å². The minimum atomic E-state index is -4.78. The molecule has 0 aliphatic carbocycles. The Kier molecular flexibility index (Phi) is 36.8. The highest BCUT2D eigenvalue weighted by molar-refractivity contribution is 7.46. The number of esters is 2. The van der Waals surface area contributed by atoms with Gasteiger partial charge in [0.15, 0.2) is 6.10 Å². The maximum absolute atomic E-state index is 12.4. The second-order valence-electron chi connectivity index (χ2n) is 14.1. The standard InChI is InChI=1S/C43H77O9P/c1-3-5-6-7-8-9-10-11-12-13-14-18-21-24-27-30-33-36-42(45)50-38-41(39-51-53(47,48)49)52-43(46)37-34-31-28-25-22-19-16-15-17-20-23-26-29-32-35-40(44)4-2/h16-17,19-20,25-26,28-29,40-41,44H,3-15,18,21-24,27,30-39H2,1-2H3,(H2,47,48,49)/b19-16-,20-17-,28-25-,29-26-/t40-,41-/m1/s1. The van der Waals surface area contributed by atoms with E-state index in [-0.39, 0.29) is 25.6 Å². The number of aliphatic hydroxyl groups is 1. The van der Waals surface area contributed by atoms with Crippen LogP contribution in [0, 0.1) is 0 Å². The summed E-state index contributed by atoms with van der Waals surface area (Å²) in [6, 6.07) is 0. The van der Waals surface area contributed by atoms with Crippen molar-refractivity contribution in [2.24, 2.45) is 0 Å². The number of carbonyl (C=O) groups excluding carboxylic acids is 2. The van der Waals surface area contributed by atoms with Crippen molar-refractivity contribution in [1.82, 2.24) is 0 Å². The molecule has 0 fully saturated rings. The number of ether oxygens (including phenoxy) is 2. The van der Waals surface area contributed by atoms with E-state index >= 15 is 0 Å². The van der Waals surface area contributed by atoms with E-state index in [1.807, 2.05) is 19.1 Å². The van der Waals surface area contributed by atoms with Gasteiger partial charge in [0.25, 0.3) is 0 Å². The van der Waals surface area contributed by atoms with Gasteiger partial charge in [0.1, 0.15) is 6.61 Å². The van der Waals surface area contributed by atoms with E-state index in [0.717, 1.165) is 51.4 Å². The van der Waals surface area contributed by atoms with Crippen LogP contribution in [0.4, 0.5) is 0 Å². The fraction of sp³-hybridized carbons (Fsp3) is 0.767. The number of hydrogen-bond acceptors (Lipinski definition) is 7. The number of unbranched alkanes of at least 4 members (excludes halogenated alkanes) is 17. The molecular weight excluding hydrogens is 691 g/mol. The molecule has 0 unspecified atom stereocenters. The molecule has 0 heterocycles. The van der Waals surface area contributed by atoms with Gasteiger partial charge in [0.2, 0.25) is 0 Å². The first-order valence-corrected chi connectivity index (χ1v) is 22.5. The molecule has 0 spiro atoms. The zero-order chi connectivity index (χ0) is 39.1. The number of carbonyl (C=O) groups is 2. The molecule has 53 heavy (non-hydrogen) atoms. The molecule has 0 aromatic rings. The van der Waals surface area contributed by atoms with Crippen LogP contribution in [0.2, 0.25) is 0 Å². The van der Waals surface area contributed by atoms with Crippen molar-refractivity contribution >= 4 is 19.8 Å². The first-order chi connectivity index (χ1) is 25.7. The van der Waals surface area contributed by atoms with Crippen LogP contribution in [0.3, 0.4) is 0 Å². The molecular formula is C43H77O9P. The zero-order valence-corrected chi connectivity index (χ0v) is 34.4. The van der Waals surface area contributed by atoms with E-state index in [2.05, 4.69) is 47.9 Å². The first-order valence-electron chi connectivity index (χ1n) is 21.0. The van der Waals surface area contributed by atoms with Gasteiger partial charge in [-0.3, -0.25) is 14.1 Å². The lowest BCUT2D eigenvalue weighted by atomic mass is 10.0. The fourth-order valence-corrected chi connectivity index (χ4v) is 6.06. The van der Waals surface area contributed by atoms with Crippen LogP contribution in [0.25, 0.3) is 0 Å². The highest BCUT2D eigenvalue weighted by atomic mass is 31.2. The summed E-state index contributed by atoms with van der Waals surface area (Å²) in [5, 5.41) is 9.54. The van der Waals surface area contributed by atoms with Crippen LogP contribution in [0.15, 0.2) is 48.6 Å². The first kappa shape index (κ1) is 51.0. The minimum Gasteiger partial charge on any atom is -0.462 e. The van der Waals surface area contributed by atoms with Crippen LogP contribution in [0.1, 0.15) is 187 Å². The normalized spacial score (nSPS) is 13.5. The summed E-state index contributed by atoms with van der Waals surface area (Å²) < 4.78 is 26.3. The SMILES string of the molecule is CCCCCCCCCCCCCCCCCCCC(=O)OC[C@H](COP(=O)(O)O)OC(=O)CCC/C=C\C/C=C\C/C=C\C/C=C\CC[C@H](O)CC. The van der Waals surface area contributed by atoms with E-state index in [9.17, 15) is 19.3 Å². The molecule has 0 saturated carbocycles. The summed E-state index contributed by atoms with van der Waals surface area (Å²) in [7, 11) is -4.78. The molecule has 0 amide bonds. The van der Waals surface area contributed by atoms with Crippen LogP contribution < -0.4 is 0 Å². The number of phosphoric acid groups is 1. The minimum absolute atomic E-state index is 0.123. The highest BCUT2D eigenvalue weighted by Gasteiger charge is 2.22. The molecule has 0 radical (unpaired) electrons. The van der Waals surface area contributed by atoms with E-state index in [1.54, 1.807) is 0 Å². The third-order valence-corrected chi connectivity index (χ3v) is 9.50. The zero-order valence-electron chi connectivity index (χ0n) is 33.5. The Morgan fingerprint density at radius 2 is 1.00 bits per heavy atom.